The molecule has 2 amide bonds. The molecule has 2 N–H and O–H groups in total. The first-order valence-corrected chi connectivity index (χ1v) is 11.4. The lowest BCUT2D eigenvalue weighted by molar-refractivity contribution is -0.121. The molecule has 2 rings (SSSR count). The number of likely N-dealkylation sites (tertiary alicyclic amines) is 2. The topological polar surface area (TPSA) is 86.3 Å². The molecule has 9 heteroatoms. The molecule has 0 saturated carbocycles. The molecule has 0 bridgehead atoms. The molecule has 0 spiro atoms. The molecule has 0 aromatic rings. The lowest BCUT2D eigenvalue weighted by Crippen LogP contribution is -2.46. The Hall–Kier alpha value is -1.26. The Bertz CT molecular complexity index is 592. The largest absolute Gasteiger partial charge is 0.444 e. The fourth-order valence-electron chi connectivity index (χ4n) is 3.98. The molecule has 2 aliphatic rings. The molecule has 0 aliphatic carbocycles. The number of piperidine rings is 2. The van der Waals surface area contributed by atoms with Gasteiger partial charge in [0.25, 0.3) is 0 Å². The fraction of sp³-hybridized carbons (Fsp3) is 0.864. The SMILES string of the molecule is CCNC(=NCC1CCN(C(=O)OC(C)(C)C)CC1)N1CCC(CC(=O)NC)CC1.I. The van der Waals surface area contributed by atoms with E-state index in [4.69, 9.17) is 9.73 Å². The number of rotatable bonds is 5. The summed E-state index contributed by atoms with van der Waals surface area (Å²) in [5, 5.41) is 6.15. The number of guanidine groups is 1. The van der Waals surface area contributed by atoms with E-state index in [9.17, 15) is 9.59 Å². The minimum absolute atomic E-state index is 0. The predicted molar refractivity (Wildman–Crippen MR) is 135 cm³/mol. The van der Waals surface area contributed by atoms with E-state index in [1.165, 1.54) is 0 Å². The van der Waals surface area contributed by atoms with Gasteiger partial charge in [0.2, 0.25) is 5.91 Å². The number of halogens is 1. The molecular weight excluding hydrogens is 509 g/mol. The van der Waals surface area contributed by atoms with E-state index in [0.29, 0.717) is 18.3 Å². The summed E-state index contributed by atoms with van der Waals surface area (Å²) in [7, 11) is 1.70. The van der Waals surface area contributed by atoms with Gasteiger partial charge in [-0.05, 0) is 65.2 Å². The normalized spacial score (nSPS) is 18.9. The molecule has 180 valence electrons. The van der Waals surface area contributed by atoms with Gasteiger partial charge in [-0.1, -0.05) is 0 Å². The van der Waals surface area contributed by atoms with Crippen LogP contribution in [0.4, 0.5) is 4.79 Å². The van der Waals surface area contributed by atoms with Gasteiger partial charge in [-0.25, -0.2) is 4.79 Å². The van der Waals surface area contributed by atoms with Gasteiger partial charge in [-0.2, -0.15) is 0 Å². The molecule has 2 aliphatic heterocycles. The summed E-state index contributed by atoms with van der Waals surface area (Å²) in [5.74, 6) is 2.06. The molecule has 0 unspecified atom stereocenters. The van der Waals surface area contributed by atoms with Gasteiger partial charge < -0.3 is 25.2 Å². The average Bonchev–Trinajstić information content (AvgIpc) is 2.71. The van der Waals surface area contributed by atoms with Crippen molar-refractivity contribution in [1.82, 2.24) is 20.4 Å². The number of aliphatic imine (C=N–C) groups is 1. The molecule has 2 saturated heterocycles. The van der Waals surface area contributed by atoms with Gasteiger partial charge in [0.15, 0.2) is 5.96 Å². The van der Waals surface area contributed by atoms with Gasteiger partial charge in [-0.3, -0.25) is 9.79 Å². The fourth-order valence-corrected chi connectivity index (χ4v) is 3.98. The van der Waals surface area contributed by atoms with E-state index in [0.717, 1.165) is 70.9 Å². The third-order valence-corrected chi connectivity index (χ3v) is 5.77. The van der Waals surface area contributed by atoms with E-state index < -0.39 is 5.60 Å². The molecule has 0 radical (unpaired) electrons. The maximum Gasteiger partial charge on any atom is 0.410 e. The van der Waals surface area contributed by atoms with Crippen LogP contribution in [0.5, 0.6) is 0 Å². The Labute approximate surface area is 204 Å². The van der Waals surface area contributed by atoms with Crippen LogP contribution in [-0.4, -0.2) is 79.7 Å². The minimum Gasteiger partial charge on any atom is -0.444 e. The Morgan fingerprint density at radius 1 is 1.00 bits per heavy atom. The summed E-state index contributed by atoms with van der Waals surface area (Å²) >= 11 is 0. The summed E-state index contributed by atoms with van der Waals surface area (Å²) in [5.41, 5.74) is -0.452. The van der Waals surface area contributed by atoms with Crippen molar-refractivity contribution in [3.63, 3.8) is 0 Å². The van der Waals surface area contributed by atoms with E-state index in [2.05, 4.69) is 22.5 Å². The van der Waals surface area contributed by atoms with E-state index in [1.54, 1.807) is 7.05 Å². The number of carbonyl (C=O) groups excluding carboxylic acids is 2. The van der Waals surface area contributed by atoms with Gasteiger partial charge in [0, 0.05) is 52.7 Å². The third kappa shape index (κ3) is 9.82. The van der Waals surface area contributed by atoms with Crippen LogP contribution in [0.2, 0.25) is 0 Å². The number of nitrogens with zero attached hydrogens (tertiary/aromatic N) is 3. The highest BCUT2D eigenvalue weighted by Gasteiger charge is 2.27. The number of amides is 2. The zero-order chi connectivity index (χ0) is 22.1. The van der Waals surface area contributed by atoms with Crippen molar-refractivity contribution in [2.75, 3.05) is 46.3 Å². The van der Waals surface area contributed by atoms with Crippen molar-refractivity contribution in [3.8, 4) is 0 Å². The van der Waals surface area contributed by atoms with Gasteiger partial charge in [0.05, 0.1) is 0 Å². The maximum atomic E-state index is 12.2. The van der Waals surface area contributed by atoms with Crippen LogP contribution >= 0.6 is 24.0 Å². The van der Waals surface area contributed by atoms with E-state index >= 15 is 0 Å². The second kappa shape index (κ2) is 13.3. The van der Waals surface area contributed by atoms with Gasteiger partial charge in [0.1, 0.15) is 5.60 Å². The number of hydrogen-bond acceptors (Lipinski definition) is 4. The Kier molecular flexibility index (Phi) is 11.9. The molecule has 0 atom stereocenters. The highest BCUT2D eigenvalue weighted by atomic mass is 127. The number of ether oxygens (including phenoxy) is 1. The first-order valence-electron chi connectivity index (χ1n) is 11.4. The summed E-state index contributed by atoms with van der Waals surface area (Å²) in [4.78, 5) is 32.9. The summed E-state index contributed by atoms with van der Waals surface area (Å²) < 4.78 is 5.48. The number of carbonyl (C=O) groups is 2. The zero-order valence-electron chi connectivity index (χ0n) is 19.9. The number of nitrogens with one attached hydrogen (secondary N) is 2. The van der Waals surface area contributed by atoms with Crippen LogP contribution in [0.25, 0.3) is 0 Å². The van der Waals surface area contributed by atoms with Crippen molar-refractivity contribution in [3.05, 3.63) is 0 Å². The highest BCUT2D eigenvalue weighted by molar-refractivity contribution is 14.0. The third-order valence-electron chi connectivity index (χ3n) is 5.77. The second-order valence-corrected chi connectivity index (χ2v) is 9.41. The minimum atomic E-state index is -0.452. The quantitative estimate of drug-likeness (QED) is 0.312. The summed E-state index contributed by atoms with van der Waals surface area (Å²) in [6.07, 6.45) is 4.36. The van der Waals surface area contributed by atoms with E-state index in [-0.39, 0.29) is 36.0 Å². The van der Waals surface area contributed by atoms with Crippen LogP contribution < -0.4 is 10.6 Å². The second-order valence-electron chi connectivity index (χ2n) is 9.41. The van der Waals surface area contributed by atoms with Crippen LogP contribution in [-0.2, 0) is 9.53 Å². The number of hydrogen-bond donors (Lipinski definition) is 2. The van der Waals surface area contributed by atoms with Crippen LogP contribution in [0.1, 0.15) is 59.8 Å². The van der Waals surface area contributed by atoms with E-state index in [1.807, 2.05) is 25.7 Å². The molecule has 0 aromatic carbocycles. The first kappa shape index (κ1) is 27.8. The Morgan fingerprint density at radius 3 is 2.06 bits per heavy atom. The monoisotopic (exact) mass is 551 g/mol. The molecule has 2 heterocycles. The lowest BCUT2D eigenvalue weighted by Gasteiger charge is -2.35. The molecule has 8 nitrogen and oxygen atoms in total. The van der Waals surface area contributed by atoms with Crippen molar-refractivity contribution >= 4 is 41.9 Å². The van der Waals surface area contributed by atoms with Crippen molar-refractivity contribution in [1.29, 1.82) is 0 Å². The Morgan fingerprint density at radius 2 is 1.55 bits per heavy atom. The first-order chi connectivity index (χ1) is 14.2. The molecule has 2 fully saturated rings. The lowest BCUT2D eigenvalue weighted by atomic mass is 9.93. The molecule has 31 heavy (non-hydrogen) atoms. The van der Waals surface area contributed by atoms with Gasteiger partial charge in [-0.15, -0.1) is 24.0 Å². The Balaban J connectivity index is 0.00000480. The highest BCUT2D eigenvalue weighted by Crippen LogP contribution is 2.22. The van der Waals surface area contributed by atoms with Crippen molar-refractivity contribution in [2.45, 2.75) is 65.4 Å². The standard InChI is InChI=1S/C22H41N5O3.HI/c1-6-24-20(26-11-7-17(8-12-26)15-19(28)23-5)25-16-18-9-13-27(14-10-18)21(29)30-22(2,3)4;/h17-18H,6-16H2,1-5H3,(H,23,28)(H,24,25);1H. The van der Waals surface area contributed by atoms with Crippen molar-refractivity contribution in [2.24, 2.45) is 16.8 Å². The molecular formula is C22H42IN5O3. The van der Waals surface area contributed by atoms with Crippen LogP contribution in [0.15, 0.2) is 4.99 Å². The summed E-state index contributed by atoms with van der Waals surface area (Å²) in [6, 6.07) is 0. The maximum absolute atomic E-state index is 12.2. The smallest absolute Gasteiger partial charge is 0.410 e. The van der Waals surface area contributed by atoms with Crippen LogP contribution in [0.3, 0.4) is 0 Å². The predicted octanol–water partition coefficient (Wildman–Crippen LogP) is 3.07. The van der Waals surface area contributed by atoms with Crippen LogP contribution in [0, 0.1) is 11.8 Å². The van der Waals surface area contributed by atoms with Gasteiger partial charge >= 0.3 is 6.09 Å². The molecule has 0 aromatic heterocycles. The van der Waals surface area contributed by atoms with Crippen molar-refractivity contribution < 1.29 is 14.3 Å². The summed E-state index contributed by atoms with van der Waals surface area (Å²) in [6.45, 7) is 12.7. The zero-order valence-corrected chi connectivity index (χ0v) is 22.2. The average molecular weight is 552 g/mol.